The zero-order chi connectivity index (χ0) is 30.7. The fourth-order valence-electron chi connectivity index (χ4n) is 6.31. The molecular weight excluding hydrogens is 590 g/mol. The van der Waals surface area contributed by atoms with Crippen molar-refractivity contribution in [2.45, 2.75) is 45.1 Å². The van der Waals surface area contributed by atoms with E-state index in [0.717, 1.165) is 43.5 Å². The Morgan fingerprint density at radius 2 is 1.72 bits per heavy atom. The van der Waals surface area contributed by atoms with Crippen molar-refractivity contribution >= 4 is 35.6 Å². The van der Waals surface area contributed by atoms with E-state index < -0.39 is 5.82 Å². The minimum Gasteiger partial charge on any atom is -0.493 e. The highest BCUT2D eigenvalue weighted by Crippen LogP contribution is 2.47. The van der Waals surface area contributed by atoms with Crippen molar-refractivity contribution in [3.8, 4) is 5.75 Å². The van der Waals surface area contributed by atoms with Crippen LogP contribution >= 0.6 is 23.2 Å². The fraction of sp³-hybridized carbons (Fsp3) is 0.412. The van der Waals surface area contributed by atoms with E-state index >= 15 is 4.39 Å². The van der Waals surface area contributed by atoms with Gasteiger partial charge in [0.15, 0.2) is 0 Å². The van der Waals surface area contributed by atoms with Crippen molar-refractivity contribution in [1.82, 2.24) is 9.80 Å². The van der Waals surface area contributed by atoms with Crippen LogP contribution in [0.15, 0.2) is 60.7 Å². The van der Waals surface area contributed by atoms with E-state index in [-0.39, 0.29) is 29.4 Å². The lowest BCUT2D eigenvalue weighted by Gasteiger charge is -2.51. The Morgan fingerprint density at radius 1 is 1.07 bits per heavy atom. The molecule has 0 bridgehead atoms. The summed E-state index contributed by atoms with van der Waals surface area (Å²) in [6, 6.07) is 19.3. The highest BCUT2D eigenvalue weighted by molar-refractivity contribution is 6.34. The van der Waals surface area contributed by atoms with E-state index in [9.17, 15) is 4.79 Å². The molecule has 3 aromatic carbocycles. The van der Waals surface area contributed by atoms with Crippen LogP contribution in [-0.2, 0) is 4.79 Å². The zero-order valence-electron chi connectivity index (χ0n) is 24.4. The SMILES string of the molecule is CC1CCN(C(=O)c2cc(C3CC3)c(OCC3(C)CN(C(c4ccccc4)c4cc(Cl)cc(Cl)c4)C3)cc2F)C1.O=CO. The molecule has 0 radical (unpaired) electrons. The van der Waals surface area contributed by atoms with Gasteiger partial charge in [0.25, 0.3) is 12.4 Å². The van der Waals surface area contributed by atoms with Crippen molar-refractivity contribution in [1.29, 1.82) is 0 Å². The molecule has 6 rings (SSSR count). The average Bonchev–Trinajstić information content (AvgIpc) is 3.70. The number of carbonyl (C=O) groups excluding carboxylic acids is 1. The summed E-state index contributed by atoms with van der Waals surface area (Å²) in [6.07, 6.45) is 3.06. The highest BCUT2D eigenvalue weighted by Gasteiger charge is 2.44. The third-order valence-corrected chi connectivity index (χ3v) is 8.92. The van der Waals surface area contributed by atoms with Crippen molar-refractivity contribution in [2.75, 3.05) is 32.8 Å². The van der Waals surface area contributed by atoms with E-state index in [2.05, 4.69) is 30.9 Å². The van der Waals surface area contributed by atoms with Crippen LogP contribution < -0.4 is 4.74 Å². The molecule has 1 amide bonds. The molecule has 0 spiro atoms. The second kappa shape index (κ2) is 13.2. The first kappa shape index (κ1) is 31.3. The number of carboxylic acid groups (broad SMARTS) is 1. The molecule has 2 atom stereocenters. The van der Waals surface area contributed by atoms with Gasteiger partial charge in [-0.25, -0.2) is 4.39 Å². The second-order valence-corrected chi connectivity index (χ2v) is 13.3. The average molecular weight is 628 g/mol. The van der Waals surface area contributed by atoms with Crippen molar-refractivity contribution in [2.24, 2.45) is 11.3 Å². The summed E-state index contributed by atoms with van der Waals surface area (Å²) in [7, 11) is 0. The summed E-state index contributed by atoms with van der Waals surface area (Å²) in [5, 5.41) is 8.12. The number of likely N-dealkylation sites (tertiary alicyclic amines) is 2. The van der Waals surface area contributed by atoms with Gasteiger partial charge in [0.2, 0.25) is 0 Å². The van der Waals surface area contributed by atoms with Crippen molar-refractivity contribution < 1.29 is 23.8 Å². The summed E-state index contributed by atoms with van der Waals surface area (Å²) in [5.74, 6) is 0.668. The van der Waals surface area contributed by atoms with Crippen LogP contribution in [0.4, 0.5) is 4.39 Å². The first-order chi connectivity index (χ1) is 20.6. The third kappa shape index (κ3) is 7.34. The number of nitrogens with zero attached hydrogens (tertiary/aromatic N) is 2. The van der Waals surface area contributed by atoms with Crippen molar-refractivity contribution in [3.63, 3.8) is 0 Å². The van der Waals surface area contributed by atoms with Crippen LogP contribution in [0.3, 0.4) is 0 Å². The number of amides is 1. The minimum absolute atomic E-state index is 0.0172. The predicted octanol–water partition coefficient (Wildman–Crippen LogP) is 7.68. The molecule has 6 nitrogen and oxygen atoms in total. The van der Waals surface area contributed by atoms with Gasteiger partial charge in [-0.1, -0.05) is 67.4 Å². The fourth-order valence-corrected chi connectivity index (χ4v) is 6.85. The number of hydrogen-bond donors (Lipinski definition) is 1. The Morgan fingerprint density at radius 3 is 2.30 bits per heavy atom. The lowest BCUT2D eigenvalue weighted by Crippen LogP contribution is -2.58. The normalized spacial score (nSPS) is 20.0. The third-order valence-electron chi connectivity index (χ3n) is 8.48. The van der Waals surface area contributed by atoms with Gasteiger partial charge in [-0.05, 0) is 72.1 Å². The number of hydrogen-bond acceptors (Lipinski definition) is 4. The van der Waals surface area contributed by atoms with Crippen molar-refractivity contribution in [3.05, 3.63) is 98.8 Å². The Balaban J connectivity index is 0.00000118. The van der Waals surface area contributed by atoms with E-state index in [1.54, 1.807) is 17.0 Å². The Labute approximate surface area is 262 Å². The highest BCUT2D eigenvalue weighted by atomic mass is 35.5. The standard InChI is InChI=1S/C33H35Cl2FN2O2.CH2O2/c1-21-10-11-37(17-21)32(39)28-15-27(22-8-9-22)30(16-29(28)36)40-20-33(2)18-38(19-33)31(23-6-4-3-5-7-23)24-12-25(34)14-26(35)13-24;2-1-3/h3-7,12-16,21-22,31H,8-11,17-20H2,1-2H3;1H,(H,2,3). The van der Waals surface area contributed by atoms with Gasteiger partial charge in [0.05, 0.1) is 18.2 Å². The zero-order valence-corrected chi connectivity index (χ0v) is 26.0. The van der Waals surface area contributed by atoms with Gasteiger partial charge in [-0.2, -0.15) is 0 Å². The second-order valence-electron chi connectivity index (χ2n) is 12.4. The molecule has 3 fully saturated rings. The van der Waals surface area contributed by atoms with Gasteiger partial charge in [-0.3, -0.25) is 14.5 Å². The van der Waals surface area contributed by atoms with Crippen LogP contribution in [0.5, 0.6) is 5.75 Å². The Hall–Kier alpha value is -3.13. The molecule has 2 aliphatic heterocycles. The number of benzene rings is 3. The van der Waals surface area contributed by atoms with Gasteiger partial charge < -0.3 is 14.7 Å². The van der Waals surface area contributed by atoms with Gasteiger partial charge in [-0.15, -0.1) is 0 Å². The molecule has 0 aromatic heterocycles. The Kier molecular flexibility index (Phi) is 9.64. The maximum Gasteiger partial charge on any atom is 0.290 e. The van der Waals surface area contributed by atoms with E-state index in [4.69, 9.17) is 37.8 Å². The predicted molar refractivity (Wildman–Crippen MR) is 167 cm³/mol. The first-order valence-corrected chi connectivity index (χ1v) is 15.4. The van der Waals surface area contributed by atoms with E-state index in [0.29, 0.717) is 47.3 Å². The van der Waals surface area contributed by atoms with Gasteiger partial charge >= 0.3 is 0 Å². The first-order valence-electron chi connectivity index (χ1n) is 14.7. The van der Waals surface area contributed by atoms with E-state index in [1.165, 1.54) is 11.6 Å². The lowest BCUT2D eigenvalue weighted by atomic mass is 9.79. The van der Waals surface area contributed by atoms with E-state index in [1.807, 2.05) is 30.3 Å². The minimum atomic E-state index is -0.494. The summed E-state index contributed by atoms with van der Waals surface area (Å²) >= 11 is 12.8. The Bertz CT molecular complexity index is 1440. The summed E-state index contributed by atoms with van der Waals surface area (Å²) in [5.41, 5.74) is 3.27. The number of halogens is 3. The molecule has 228 valence electrons. The summed E-state index contributed by atoms with van der Waals surface area (Å²) in [4.78, 5) is 25.6. The van der Waals surface area contributed by atoms with Crippen LogP contribution in [0.2, 0.25) is 10.0 Å². The summed E-state index contributed by atoms with van der Waals surface area (Å²) < 4.78 is 21.6. The topological polar surface area (TPSA) is 70.1 Å². The quantitative estimate of drug-likeness (QED) is 0.260. The molecule has 1 aliphatic carbocycles. The molecule has 1 saturated carbocycles. The molecule has 3 aromatic rings. The van der Waals surface area contributed by atoms with Crippen LogP contribution in [0.1, 0.15) is 72.1 Å². The lowest BCUT2D eigenvalue weighted by molar-refractivity contribution is -0.122. The maximum absolute atomic E-state index is 15.3. The van der Waals surface area contributed by atoms with Crippen LogP contribution in [0.25, 0.3) is 0 Å². The summed E-state index contributed by atoms with van der Waals surface area (Å²) in [6.45, 7) is 7.55. The largest absolute Gasteiger partial charge is 0.493 e. The molecule has 2 heterocycles. The molecule has 43 heavy (non-hydrogen) atoms. The molecule has 3 aliphatic rings. The molecule has 2 unspecified atom stereocenters. The molecular formula is C34H37Cl2FN2O4. The number of rotatable bonds is 8. The molecule has 2 saturated heterocycles. The molecule has 9 heteroatoms. The van der Waals surface area contributed by atoms with Crippen LogP contribution in [-0.4, -0.2) is 60.1 Å². The number of ether oxygens (including phenoxy) is 1. The maximum atomic E-state index is 15.3. The van der Waals surface area contributed by atoms with Crippen LogP contribution in [0, 0.1) is 17.2 Å². The smallest absolute Gasteiger partial charge is 0.290 e. The van der Waals surface area contributed by atoms with Gasteiger partial charge in [0, 0.05) is 47.7 Å². The monoisotopic (exact) mass is 626 g/mol. The van der Waals surface area contributed by atoms with Gasteiger partial charge in [0.1, 0.15) is 11.6 Å². The number of carbonyl (C=O) groups is 2. The molecule has 1 N–H and O–H groups in total.